The summed E-state index contributed by atoms with van der Waals surface area (Å²) in [5.74, 6) is 0. The molecule has 0 unspecified atom stereocenters. The van der Waals surface area contributed by atoms with Gasteiger partial charge in [0.25, 0.3) is 0 Å². The average molecular weight is 336 g/mol. The first-order valence-corrected chi connectivity index (χ1v) is 9.30. The first-order valence-electron chi connectivity index (χ1n) is 1.79. The Morgan fingerprint density at radius 3 is 0.833 bits per heavy atom. The Labute approximate surface area is 63.7 Å². The second-order valence-electron chi connectivity index (χ2n) is 2.68. The van der Waals surface area contributed by atoms with Crippen LogP contribution in [0.5, 0.6) is 0 Å². The molecule has 2 heteroatoms. The summed E-state index contributed by atoms with van der Waals surface area (Å²) in [6.07, 6.45) is 0. The van der Waals surface area contributed by atoms with Gasteiger partial charge in [-0.25, -0.2) is 0 Å². The van der Waals surface area contributed by atoms with Gasteiger partial charge in [0.15, 0.2) is 0 Å². The summed E-state index contributed by atoms with van der Waals surface area (Å²) in [6, 6.07) is 0. The SMILES string of the molecule is C[As](C)(C)C.[Hg+]. The Morgan fingerprint density at radius 2 is 0.833 bits per heavy atom. The van der Waals surface area contributed by atoms with E-state index in [0.29, 0.717) is 0 Å². The molecule has 0 aromatic carbocycles. The summed E-state index contributed by atoms with van der Waals surface area (Å²) in [4.78, 5) is 0. The molecule has 0 bridgehead atoms. The molecule has 0 nitrogen and oxygen atoms in total. The van der Waals surface area contributed by atoms with E-state index in [0.717, 1.165) is 0 Å². The van der Waals surface area contributed by atoms with Crippen LogP contribution in [0, 0.1) is 0 Å². The minimum Gasteiger partial charge on any atom is 1.00 e. The van der Waals surface area contributed by atoms with Crippen LogP contribution in [0.25, 0.3) is 0 Å². The van der Waals surface area contributed by atoms with Gasteiger partial charge in [-0.1, -0.05) is 0 Å². The van der Waals surface area contributed by atoms with Crippen LogP contribution in [-0.2, 0) is 27.7 Å². The molecule has 0 saturated carbocycles. The van der Waals surface area contributed by atoms with Crippen molar-refractivity contribution >= 4 is 13.6 Å². The van der Waals surface area contributed by atoms with Crippen LogP contribution in [0.4, 0.5) is 0 Å². The van der Waals surface area contributed by atoms with Crippen molar-refractivity contribution < 1.29 is 27.7 Å². The Bertz CT molecular complexity index is 23.0. The van der Waals surface area contributed by atoms with Gasteiger partial charge < -0.3 is 0 Å². The van der Waals surface area contributed by atoms with Crippen molar-refractivity contribution in [2.75, 3.05) is 0 Å². The van der Waals surface area contributed by atoms with Gasteiger partial charge in [0.05, 0.1) is 0 Å². The number of rotatable bonds is 0. The van der Waals surface area contributed by atoms with Crippen LogP contribution in [0.2, 0.25) is 22.8 Å². The molecule has 0 aliphatic heterocycles. The van der Waals surface area contributed by atoms with E-state index in [4.69, 9.17) is 0 Å². The third kappa shape index (κ3) is 49.7. The summed E-state index contributed by atoms with van der Waals surface area (Å²) in [6.45, 7) is 0. The van der Waals surface area contributed by atoms with Gasteiger partial charge in [-0.05, 0) is 0 Å². The smallest absolute Gasteiger partial charge is 1.00 e. The molecule has 0 aromatic heterocycles. The van der Waals surface area contributed by atoms with Crippen molar-refractivity contribution in [1.82, 2.24) is 0 Å². The van der Waals surface area contributed by atoms with E-state index >= 15 is 0 Å². The Hall–Kier alpha value is 1.49. The zero-order valence-corrected chi connectivity index (χ0v) is 12.5. The van der Waals surface area contributed by atoms with E-state index < -0.39 is 13.6 Å². The fourth-order valence-electron chi connectivity index (χ4n) is 0. The largest absolute Gasteiger partial charge is 1.00 e. The van der Waals surface area contributed by atoms with Crippen LogP contribution in [0.15, 0.2) is 0 Å². The summed E-state index contributed by atoms with van der Waals surface area (Å²) >= 11 is -0.875. The Morgan fingerprint density at radius 1 is 0.833 bits per heavy atom. The molecule has 0 aliphatic carbocycles. The molecule has 2 radical (unpaired) electrons. The standard InChI is InChI=1S/C4H12As.Hg/c1-5(2,3)4;/h1-4H3;/q;+1. The second kappa shape index (κ2) is 3.49. The van der Waals surface area contributed by atoms with Gasteiger partial charge >= 0.3 is 64.1 Å². The molecule has 6 heavy (non-hydrogen) atoms. The summed E-state index contributed by atoms with van der Waals surface area (Å²) < 4.78 is 0. The van der Waals surface area contributed by atoms with Gasteiger partial charge in [-0.15, -0.1) is 0 Å². The molecule has 0 amide bonds. The fourth-order valence-corrected chi connectivity index (χ4v) is 0. The van der Waals surface area contributed by atoms with Crippen LogP contribution in [-0.4, -0.2) is 13.6 Å². The molecule has 0 rings (SSSR count). The number of hydrogen-bond acceptors (Lipinski definition) is 0. The molecule has 0 heterocycles. The van der Waals surface area contributed by atoms with Crippen molar-refractivity contribution in [2.24, 2.45) is 0 Å². The molecule has 0 spiro atoms. The molecule has 0 aliphatic rings. The van der Waals surface area contributed by atoms with Crippen LogP contribution in [0.3, 0.4) is 0 Å². The molecule has 0 saturated heterocycles. The first-order chi connectivity index (χ1) is 2.00. The monoisotopic (exact) mass is 337 g/mol. The summed E-state index contributed by atoms with van der Waals surface area (Å²) in [5, 5.41) is 0. The average Bonchev–Trinajstić information content (AvgIpc) is 0.722. The van der Waals surface area contributed by atoms with Crippen molar-refractivity contribution in [3.63, 3.8) is 0 Å². The summed E-state index contributed by atoms with van der Waals surface area (Å²) in [5.41, 5.74) is 9.44. The molecule has 34 valence electrons. The first kappa shape index (κ1) is 10.5. The predicted octanol–water partition coefficient (Wildman–Crippen LogP) is 1.95. The Balaban J connectivity index is 0. The molecule has 0 aromatic rings. The van der Waals surface area contributed by atoms with Crippen LogP contribution in [0.1, 0.15) is 0 Å². The van der Waals surface area contributed by atoms with Gasteiger partial charge in [-0.3, -0.25) is 0 Å². The predicted molar refractivity (Wildman–Crippen MR) is 29.2 cm³/mol. The van der Waals surface area contributed by atoms with Gasteiger partial charge in [0, 0.05) is 0 Å². The van der Waals surface area contributed by atoms with Gasteiger partial charge in [0.1, 0.15) is 0 Å². The third-order valence-electron chi connectivity index (χ3n) is 0. The van der Waals surface area contributed by atoms with Crippen LogP contribution < -0.4 is 0 Å². The van der Waals surface area contributed by atoms with Crippen molar-refractivity contribution in [3.05, 3.63) is 0 Å². The van der Waals surface area contributed by atoms with E-state index in [1.165, 1.54) is 0 Å². The van der Waals surface area contributed by atoms with Crippen LogP contribution >= 0.6 is 0 Å². The zero-order chi connectivity index (χ0) is 4.50. The minimum atomic E-state index is -0.875. The van der Waals surface area contributed by atoms with Crippen molar-refractivity contribution in [1.29, 1.82) is 0 Å². The van der Waals surface area contributed by atoms with Crippen molar-refractivity contribution in [2.45, 2.75) is 22.8 Å². The van der Waals surface area contributed by atoms with E-state index in [-0.39, 0.29) is 27.7 Å². The normalized spacial score (nSPS) is 10.0. The van der Waals surface area contributed by atoms with Gasteiger partial charge in [0.2, 0.25) is 0 Å². The quantitative estimate of drug-likeness (QED) is 0.594. The molecular weight excluding hydrogens is 324 g/mol. The van der Waals surface area contributed by atoms with E-state index in [9.17, 15) is 0 Å². The molecule has 0 N–H and O–H groups in total. The number of hydrogen-bond donors (Lipinski definition) is 0. The van der Waals surface area contributed by atoms with E-state index in [1.807, 2.05) is 0 Å². The molecular formula is C4H12AsHg+. The van der Waals surface area contributed by atoms with E-state index in [1.54, 1.807) is 0 Å². The maximum Gasteiger partial charge on any atom is 1.00 e. The third-order valence-corrected chi connectivity index (χ3v) is 0. The maximum absolute atomic E-state index is 2.36. The van der Waals surface area contributed by atoms with E-state index in [2.05, 4.69) is 22.8 Å². The Kier molecular flexibility index (Phi) is 6.09. The molecule has 0 atom stereocenters. The summed E-state index contributed by atoms with van der Waals surface area (Å²) in [7, 11) is 0. The van der Waals surface area contributed by atoms with Crippen molar-refractivity contribution in [3.8, 4) is 0 Å². The maximum atomic E-state index is 2.36. The van der Waals surface area contributed by atoms with Gasteiger partial charge in [-0.2, -0.15) is 0 Å². The minimum absolute atomic E-state index is 0. The fraction of sp³-hybridized carbons (Fsp3) is 1.00. The zero-order valence-electron chi connectivity index (χ0n) is 5.15. The topological polar surface area (TPSA) is 0 Å². The molecule has 0 fully saturated rings. The second-order valence-corrected chi connectivity index (χ2v) is 13.9.